The van der Waals surface area contributed by atoms with E-state index >= 15 is 0 Å². The molecule has 0 saturated carbocycles. The predicted octanol–water partition coefficient (Wildman–Crippen LogP) is 4.68. The van der Waals surface area contributed by atoms with Crippen molar-refractivity contribution in [3.05, 3.63) is 58.6 Å². The molecule has 0 fully saturated rings. The van der Waals surface area contributed by atoms with Crippen molar-refractivity contribution in [3.63, 3.8) is 0 Å². The Hall–Kier alpha value is -2.53. The summed E-state index contributed by atoms with van der Waals surface area (Å²) in [5.74, 6) is 0.779. The van der Waals surface area contributed by atoms with Gasteiger partial charge in [0.2, 0.25) is 0 Å². The average molecular weight is 375 g/mol. The highest BCUT2D eigenvalue weighted by atomic mass is 35.5. The highest BCUT2D eigenvalue weighted by molar-refractivity contribution is 6.30. The molecule has 0 unspecified atom stereocenters. The van der Waals surface area contributed by atoms with Gasteiger partial charge in [0.15, 0.2) is 11.5 Å². The summed E-state index contributed by atoms with van der Waals surface area (Å²) < 4.78 is 11.0. The number of carbonyl (C=O) groups excluding carboxylic acids is 1. The maximum atomic E-state index is 12.4. The Kier molecular flexibility index (Phi) is 7.04. The second-order valence-electron chi connectivity index (χ2n) is 5.89. The molecular formula is C20H23ClN2O3. The van der Waals surface area contributed by atoms with E-state index in [1.807, 2.05) is 32.9 Å². The molecule has 0 aliphatic heterocycles. The molecule has 0 spiro atoms. The van der Waals surface area contributed by atoms with Gasteiger partial charge in [-0.1, -0.05) is 30.7 Å². The van der Waals surface area contributed by atoms with Crippen LogP contribution in [0, 0.1) is 0 Å². The first-order chi connectivity index (χ1) is 12.4. The summed E-state index contributed by atoms with van der Waals surface area (Å²) in [6.45, 7) is 5.83. The van der Waals surface area contributed by atoms with Gasteiger partial charge in [0.25, 0.3) is 5.91 Å². The van der Waals surface area contributed by atoms with E-state index in [1.165, 1.54) is 7.11 Å². The van der Waals surface area contributed by atoms with Crippen LogP contribution >= 0.6 is 11.6 Å². The summed E-state index contributed by atoms with van der Waals surface area (Å²) in [6, 6.07) is 12.4. The summed E-state index contributed by atoms with van der Waals surface area (Å²) in [7, 11) is 1.54. The van der Waals surface area contributed by atoms with Gasteiger partial charge < -0.3 is 9.47 Å². The minimum absolute atomic E-state index is 0.0136. The molecule has 2 aromatic rings. The van der Waals surface area contributed by atoms with Gasteiger partial charge in [-0.3, -0.25) is 4.79 Å². The Morgan fingerprint density at radius 2 is 1.77 bits per heavy atom. The molecule has 1 N–H and O–H groups in total. The van der Waals surface area contributed by atoms with E-state index in [4.69, 9.17) is 21.1 Å². The van der Waals surface area contributed by atoms with Crippen molar-refractivity contribution in [3.8, 4) is 11.5 Å². The maximum Gasteiger partial charge on any atom is 0.271 e. The lowest BCUT2D eigenvalue weighted by atomic mass is 10.1. The smallest absolute Gasteiger partial charge is 0.271 e. The quantitative estimate of drug-likeness (QED) is 0.565. The molecule has 0 aliphatic rings. The van der Waals surface area contributed by atoms with Crippen LogP contribution in [0.1, 0.15) is 43.1 Å². The number of hydrogen-bond acceptors (Lipinski definition) is 4. The van der Waals surface area contributed by atoms with Gasteiger partial charge in [0, 0.05) is 10.6 Å². The van der Waals surface area contributed by atoms with Crippen LogP contribution in [0.15, 0.2) is 47.6 Å². The topological polar surface area (TPSA) is 59.9 Å². The molecule has 6 heteroatoms. The summed E-state index contributed by atoms with van der Waals surface area (Å²) in [4.78, 5) is 12.4. The standard InChI is InChI=1S/C20H23ClN2O3/c1-5-17(14-6-9-16(21)10-7-14)22-23-20(24)15-8-11-18(26-13(2)3)19(12-15)25-4/h6-13H,5H2,1-4H3,(H,23,24)/b22-17-. The fourth-order valence-electron chi connectivity index (χ4n) is 2.33. The van der Waals surface area contributed by atoms with Gasteiger partial charge >= 0.3 is 0 Å². The van der Waals surface area contributed by atoms with Crippen LogP contribution in [-0.4, -0.2) is 24.8 Å². The molecule has 1 amide bonds. The number of halogens is 1. The average Bonchev–Trinajstić information content (AvgIpc) is 2.63. The molecule has 26 heavy (non-hydrogen) atoms. The monoisotopic (exact) mass is 374 g/mol. The van der Waals surface area contributed by atoms with Crippen LogP contribution in [0.2, 0.25) is 5.02 Å². The molecule has 0 atom stereocenters. The molecule has 0 heterocycles. The van der Waals surface area contributed by atoms with E-state index < -0.39 is 0 Å². The first-order valence-corrected chi connectivity index (χ1v) is 8.80. The highest BCUT2D eigenvalue weighted by Gasteiger charge is 2.12. The van der Waals surface area contributed by atoms with E-state index in [1.54, 1.807) is 30.3 Å². The van der Waals surface area contributed by atoms with Crippen molar-refractivity contribution in [2.75, 3.05) is 7.11 Å². The van der Waals surface area contributed by atoms with Gasteiger partial charge in [-0.25, -0.2) is 5.43 Å². The van der Waals surface area contributed by atoms with E-state index in [9.17, 15) is 4.79 Å². The van der Waals surface area contributed by atoms with E-state index in [0.29, 0.717) is 28.5 Å². The number of amides is 1. The third kappa shape index (κ3) is 5.23. The van der Waals surface area contributed by atoms with Crippen molar-refractivity contribution in [1.82, 2.24) is 5.43 Å². The SMILES string of the molecule is CC/C(=N/NC(=O)c1ccc(OC(C)C)c(OC)c1)c1ccc(Cl)cc1. The Bertz CT molecular complexity index is 786. The zero-order chi connectivity index (χ0) is 19.1. The first kappa shape index (κ1) is 19.8. The van der Waals surface area contributed by atoms with Gasteiger partial charge in [0.05, 0.1) is 18.9 Å². The number of methoxy groups -OCH3 is 1. The van der Waals surface area contributed by atoms with Gasteiger partial charge in [-0.2, -0.15) is 5.10 Å². The first-order valence-electron chi connectivity index (χ1n) is 8.42. The van der Waals surface area contributed by atoms with Gasteiger partial charge in [0.1, 0.15) is 0 Å². The fourth-order valence-corrected chi connectivity index (χ4v) is 2.46. The van der Waals surface area contributed by atoms with Crippen molar-refractivity contribution < 1.29 is 14.3 Å². The highest BCUT2D eigenvalue weighted by Crippen LogP contribution is 2.29. The van der Waals surface area contributed by atoms with Crippen LogP contribution in [0.25, 0.3) is 0 Å². The van der Waals surface area contributed by atoms with Crippen LogP contribution in [0.4, 0.5) is 0 Å². The lowest BCUT2D eigenvalue weighted by molar-refractivity contribution is 0.0954. The number of hydrogen-bond donors (Lipinski definition) is 1. The fraction of sp³-hybridized carbons (Fsp3) is 0.300. The van der Waals surface area contributed by atoms with Crippen LogP contribution < -0.4 is 14.9 Å². The zero-order valence-corrected chi connectivity index (χ0v) is 16.1. The third-order valence-electron chi connectivity index (χ3n) is 3.59. The minimum Gasteiger partial charge on any atom is -0.493 e. The van der Waals surface area contributed by atoms with Crippen molar-refractivity contribution in [2.45, 2.75) is 33.3 Å². The lowest BCUT2D eigenvalue weighted by Gasteiger charge is -2.14. The van der Waals surface area contributed by atoms with E-state index in [2.05, 4.69) is 10.5 Å². The van der Waals surface area contributed by atoms with Crippen LogP contribution in [0.3, 0.4) is 0 Å². The maximum absolute atomic E-state index is 12.4. The number of nitrogens with one attached hydrogen (secondary N) is 1. The number of rotatable bonds is 7. The second kappa shape index (κ2) is 9.25. The molecule has 2 aromatic carbocycles. The number of nitrogens with zero attached hydrogens (tertiary/aromatic N) is 1. The second-order valence-corrected chi connectivity index (χ2v) is 6.33. The Labute approximate surface area is 159 Å². The van der Waals surface area contributed by atoms with Gasteiger partial charge in [-0.05, 0) is 56.2 Å². The molecule has 0 bridgehead atoms. The number of hydrazone groups is 1. The summed E-state index contributed by atoms with van der Waals surface area (Å²) in [5, 5.41) is 4.90. The molecule has 0 saturated heterocycles. The summed E-state index contributed by atoms with van der Waals surface area (Å²) >= 11 is 5.91. The molecule has 5 nitrogen and oxygen atoms in total. The normalized spacial score (nSPS) is 11.4. The molecule has 2 rings (SSSR count). The zero-order valence-electron chi connectivity index (χ0n) is 15.4. The molecule has 0 aliphatic carbocycles. The minimum atomic E-state index is -0.320. The van der Waals surface area contributed by atoms with Crippen molar-refractivity contribution in [2.24, 2.45) is 5.10 Å². The van der Waals surface area contributed by atoms with Gasteiger partial charge in [-0.15, -0.1) is 0 Å². The van der Waals surface area contributed by atoms with Crippen LogP contribution in [-0.2, 0) is 0 Å². The summed E-state index contributed by atoms with van der Waals surface area (Å²) in [6.07, 6.45) is 0.687. The number of ether oxygens (including phenoxy) is 2. The Morgan fingerprint density at radius 3 is 2.35 bits per heavy atom. The molecule has 0 radical (unpaired) electrons. The van der Waals surface area contributed by atoms with Crippen LogP contribution in [0.5, 0.6) is 11.5 Å². The predicted molar refractivity (Wildman–Crippen MR) is 105 cm³/mol. The van der Waals surface area contributed by atoms with E-state index in [-0.39, 0.29) is 12.0 Å². The third-order valence-corrected chi connectivity index (χ3v) is 3.85. The Balaban J connectivity index is 2.16. The largest absolute Gasteiger partial charge is 0.493 e. The number of benzene rings is 2. The van der Waals surface area contributed by atoms with Crippen molar-refractivity contribution in [1.29, 1.82) is 0 Å². The summed E-state index contributed by atoms with van der Waals surface area (Å²) in [5.41, 5.74) is 4.71. The molecule has 138 valence electrons. The lowest BCUT2D eigenvalue weighted by Crippen LogP contribution is -2.20. The van der Waals surface area contributed by atoms with Crippen molar-refractivity contribution >= 4 is 23.2 Å². The number of carbonyl (C=O) groups is 1. The Morgan fingerprint density at radius 1 is 1.12 bits per heavy atom. The molecular weight excluding hydrogens is 352 g/mol. The molecule has 0 aromatic heterocycles. The van der Waals surface area contributed by atoms with E-state index in [0.717, 1.165) is 11.3 Å².